The summed E-state index contributed by atoms with van der Waals surface area (Å²) in [4.78, 5) is 11.5. The van der Waals surface area contributed by atoms with Crippen molar-refractivity contribution in [2.24, 2.45) is 11.8 Å². The van der Waals surface area contributed by atoms with Gasteiger partial charge in [-0.1, -0.05) is 32.8 Å². The zero-order valence-electron chi connectivity index (χ0n) is 14.6. The molecular formula is C19H29N3O. The number of morpholine rings is 1. The van der Waals surface area contributed by atoms with E-state index in [1.807, 2.05) is 13.1 Å². The second-order valence-electron chi connectivity index (χ2n) is 6.92. The average Bonchev–Trinajstić information content (AvgIpc) is 2.62. The van der Waals surface area contributed by atoms with Crippen molar-refractivity contribution in [3.63, 3.8) is 0 Å². The summed E-state index contributed by atoms with van der Waals surface area (Å²) in [5.41, 5.74) is 2.39. The van der Waals surface area contributed by atoms with Gasteiger partial charge in [-0.15, -0.1) is 0 Å². The van der Waals surface area contributed by atoms with Crippen molar-refractivity contribution in [2.45, 2.75) is 46.0 Å². The summed E-state index contributed by atoms with van der Waals surface area (Å²) in [5.74, 6) is 3.33. The number of hydrogen-bond acceptors (Lipinski definition) is 4. The van der Waals surface area contributed by atoms with Gasteiger partial charge in [-0.25, -0.2) is 9.97 Å². The monoisotopic (exact) mass is 315 g/mol. The highest BCUT2D eigenvalue weighted by Gasteiger charge is 2.26. The summed E-state index contributed by atoms with van der Waals surface area (Å²) in [6.07, 6.45) is 8.50. The van der Waals surface area contributed by atoms with Crippen LogP contribution in [0.4, 0.5) is 5.82 Å². The molecular weight excluding hydrogens is 286 g/mol. The summed E-state index contributed by atoms with van der Waals surface area (Å²) < 4.78 is 5.49. The van der Waals surface area contributed by atoms with E-state index in [9.17, 15) is 0 Å². The van der Waals surface area contributed by atoms with Crippen LogP contribution in [0.1, 0.15) is 50.4 Å². The van der Waals surface area contributed by atoms with Gasteiger partial charge in [-0.3, -0.25) is 0 Å². The van der Waals surface area contributed by atoms with Gasteiger partial charge in [0.05, 0.1) is 13.2 Å². The first-order chi connectivity index (χ1) is 11.2. The quantitative estimate of drug-likeness (QED) is 0.846. The largest absolute Gasteiger partial charge is 0.378 e. The molecule has 1 saturated heterocycles. The molecule has 23 heavy (non-hydrogen) atoms. The van der Waals surface area contributed by atoms with Gasteiger partial charge in [0.1, 0.15) is 11.6 Å². The van der Waals surface area contributed by atoms with Gasteiger partial charge < -0.3 is 9.64 Å². The minimum absolute atomic E-state index is 0.583. The lowest BCUT2D eigenvalue weighted by atomic mass is 9.76. The molecule has 0 amide bonds. The van der Waals surface area contributed by atoms with Crippen molar-refractivity contribution in [1.82, 2.24) is 9.97 Å². The lowest BCUT2D eigenvalue weighted by Crippen LogP contribution is -2.37. The number of allylic oxidation sites excluding steroid dienone is 1. The van der Waals surface area contributed by atoms with Crippen LogP contribution in [0, 0.1) is 18.8 Å². The van der Waals surface area contributed by atoms with E-state index in [0.29, 0.717) is 5.92 Å². The highest BCUT2D eigenvalue weighted by atomic mass is 16.5. The number of ether oxygens (including phenoxy) is 1. The summed E-state index contributed by atoms with van der Waals surface area (Å²) >= 11 is 0. The molecule has 1 aromatic heterocycles. The molecule has 0 bridgehead atoms. The molecule has 2 heterocycles. The zero-order valence-corrected chi connectivity index (χ0v) is 14.6. The lowest BCUT2D eigenvalue weighted by molar-refractivity contribution is 0.122. The molecule has 1 saturated carbocycles. The van der Waals surface area contributed by atoms with E-state index in [2.05, 4.69) is 23.4 Å². The minimum atomic E-state index is 0.583. The van der Waals surface area contributed by atoms with Gasteiger partial charge in [0.2, 0.25) is 0 Å². The van der Waals surface area contributed by atoms with Crippen LogP contribution >= 0.6 is 0 Å². The van der Waals surface area contributed by atoms with E-state index >= 15 is 0 Å². The predicted molar refractivity (Wildman–Crippen MR) is 94.6 cm³/mol. The maximum atomic E-state index is 5.49. The second kappa shape index (κ2) is 7.43. The van der Waals surface area contributed by atoms with Crippen LogP contribution in [0.3, 0.4) is 0 Å². The Labute approximate surface area is 140 Å². The van der Waals surface area contributed by atoms with Crippen LogP contribution < -0.4 is 4.90 Å². The third-order valence-corrected chi connectivity index (χ3v) is 5.40. The van der Waals surface area contributed by atoms with Gasteiger partial charge in [0, 0.05) is 24.8 Å². The number of aromatic nitrogens is 2. The predicted octanol–water partition coefficient (Wildman–Crippen LogP) is 3.85. The Bertz CT molecular complexity index is 552. The van der Waals surface area contributed by atoms with Gasteiger partial charge in [-0.05, 0) is 37.2 Å². The smallest absolute Gasteiger partial charge is 0.140 e. The van der Waals surface area contributed by atoms with E-state index in [1.165, 1.54) is 37.7 Å². The Hall–Kier alpha value is -1.42. The number of aryl methyl sites for hydroxylation is 1. The molecule has 1 aliphatic heterocycles. The molecule has 0 aromatic carbocycles. The Balaban J connectivity index is 1.84. The summed E-state index contributed by atoms with van der Waals surface area (Å²) in [6, 6.07) is 0. The Morgan fingerprint density at radius 3 is 2.87 bits per heavy atom. The summed E-state index contributed by atoms with van der Waals surface area (Å²) in [7, 11) is 0. The maximum absolute atomic E-state index is 5.49. The topological polar surface area (TPSA) is 38.2 Å². The number of nitrogens with zero attached hydrogens (tertiary/aromatic N) is 3. The van der Waals surface area contributed by atoms with E-state index < -0.39 is 0 Å². The molecule has 3 rings (SSSR count). The van der Waals surface area contributed by atoms with Crippen LogP contribution in [0.15, 0.2) is 12.8 Å². The zero-order chi connectivity index (χ0) is 16.2. The fraction of sp³-hybridized carbons (Fsp3) is 0.684. The van der Waals surface area contributed by atoms with E-state index in [0.717, 1.165) is 49.4 Å². The molecule has 1 aromatic rings. The van der Waals surface area contributed by atoms with Gasteiger partial charge in [0.25, 0.3) is 0 Å². The van der Waals surface area contributed by atoms with E-state index in [1.54, 1.807) is 0 Å². The first-order valence-corrected chi connectivity index (χ1v) is 9.04. The number of rotatable bonds is 4. The second-order valence-corrected chi connectivity index (χ2v) is 6.92. The van der Waals surface area contributed by atoms with Crippen molar-refractivity contribution >= 4 is 11.4 Å². The number of anilines is 1. The lowest BCUT2D eigenvalue weighted by Gasteiger charge is -2.33. The standard InChI is InChI=1S/C19H29N3O/c1-4-16-6-5-7-17(12-16)14(2)18-13-20-15(3)21-19(18)22-8-10-23-11-9-22/h13,16-17H,2,4-12H2,1,3H3/t16-,17+/m0/s1. The Morgan fingerprint density at radius 1 is 1.35 bits per heavy atom. The maximum Gasteiger partial charge on any atom is 0.140 e. The van der Waals surface area contributed by atoms with Crippen LogP contribution in [0.2, 0.25) is 0 Å². The van der Waals surface area contributed by atoms with Crippen molar-refractivity contribution in [2.75, 3.05) is 31.2 Å². The molecule has 0 radical (unpaired) electrons. The van der Waals surface area contributed by atoms with Crippen molar-refractivity contribution in [3.05, 3.63) is 24.2 Å². The van der Waals surface area contributed by atoms with Crippen LogP contribution in [0.5, 0.6) is 0 Å². The van der Waals surface area contributed by atoms with Crippen molar-refractivity contribution in [1.29, 1.82) is 0 Å². The van der Waals surface area contributed by atoms with E-state index in [-0.39, 0.29) is 0 Å². The molecule has 4 heteroatoms. The third kappa shape index (κ3) is 3.74. The molecule has 0 spiro atoms. The SMILES string of the molecule is C=C(c1cnc(C)nc1N1CCOCC1)[C@@H]1CCC[C@H](CC)C1. The van der Waals surface area contributed by atoms with Gasteiger partial charge >= 0.3 is 0 Å². The fourth-order valence-electron chi connectivity index (χ4n) is 3.90. The minimum Gasteiger partial charge on any atom is -0.378 e. The molecule has 0 unspecified atom stereocenters. The molecule has 2 fully saturated rings. The summed E-state index contributed by atoms with van der Waals surface area (Å²) in [5, 5.41) is 0. The fourth-order valence-corrected chi connectivity index (χ4v) is 3.90. The van der Waals surface area contributed by atoms with Crippen LogP contribution in [-0.4, -0.2) is 36.3 Å². The van der Waals surface area contributed by atoms with Gasteiger partial charge in [0.15, 0.2) is 0 Å². The summed E-state index contributed by atoms with van der Waals surface area (Å²) in [6.45, 7) is 12.1. The molecule has 4 nitrogen and oxygen atoms in total. The molecule has 2 atom stereocenters. The van der Waals surface area contributed by atoms with E-state index in [4.69, 9.17) is 9.72 Å². The molecule has 126 valence electrons. The van der Waals surface area contributed by atoms with Crippen LogP contribution in [0.25, 0.3) is 5.57 Å². The van der Waals surface area contributed by atoms with Crippen molar-refractivity contribution < 1.29 is 4.74 Å². The molecule has 1 aliphatic carbocycles. The first-order valence-electron chi connectivity index (χ1n) is 9.04. The normalized spacial score (nSPS) is 25.4. The Kier molecular flexibility index (Phi) is 5.31. The van der Waals surface area contributed by atoms with Crippen LogP contribution in [-0.2, 0) is 4.74 Å². The van der Waals surface area contributed by atoms with Gasteiger partial charge in [-0.2, -0.15) is 0 Å². The molecule has 0 N–H and O–H groups in total. The Morgan fingerprint density at radius 2 is 2.13 bits per heavy atom. The first kappa shape index (κ1) is 16.4. The third-order valence-electron chi connectivity index (χ3n) is 5.40. The highest BCUT2D eigenvalue weighted by molar-refractivity contribution is 5.74. The average molecular weight is 315 g/mol. The highest BCUT2D eigenvalue weighted by Crippen LogP contribution is 2.40. The molecule has 2 aliphatic rings. The van der Waals surface area contributed by atoms with Crippen molar-refractivity contribution in [3.8, 4) is 0 Å². The number of hydrogen-bond donors (Lipinski definition) is 0.